The van der Waals surface area contributed by atoms with E-state index >= 15 is 0 Å². The summed E-state index contributed by atoms with van der Waals surface area (Å²) in [7, 11) is 0. The molecule has 0 spiro atoms. The highest BCUT2D eigenvalue weighted by Crippen LogP contribution is 2.36. The number of carbonyl (C=O) groups is 4. The number of imide groups is 1. The van der Waals surface area contributed by atoms with Gasteiger partial charge >= 0.3 is 5.97 Å². The second-order valence-electron chi connectivity index (χ2n) is 7.67. The van der Waals surface area contributed by atoms with E-state index in [0.717, 1.165) is 16.2 Å². The second-order valence-corrected chi connectivity index (χ2v) is 7.67. The molecule has 1 saturated heterocycles. The zero-order chi connectivity index (χ0) is 21.3. The smallest absolute Gasteiger partial charge is 0.329 e. The van der Waals surface area contributed by atoms with Gasteiger partial charge in [0.15, 0.2) is 6.61 Å². The van der Waals surface area contributed by atoms with Gasteiger partial charge in [-0.15, -0.1) is 0 Å². The van der Waals surface area contributed by atoms with Crippen LogP contribution in [0.4, 0.5) is 0 Å². The molecule has 4 rings (SSSR count). The monoisotopic (exact) mass is 409 g/mol. The molecule has 0 saturated carbocycles. The van der Waals surface area contributed by atoms with Crippen molar-refractivity contribution in [2.24, 2.45) is 16.9 Å². The molecule has 156 valence electrons. The van der Waals surface area contributed by atoms with E-state index < -0.39 is 36.4 Å². The molecule has 1 fully saturated rings. The summed E-state index contributed by atoms with van der Waals surface area (Å²) >= 11 is 0. The minimum Gasteiger partial charge on any atom is -0.454 e. The number of hydrogen-bond acceptors (Lipinski definition) is 6. The van der Waals surface area contributed by atoms with Crippen molar-refractivity contribution in [3.8, 4) is 0 Å². The highest BCUT2D eigenvalue weighted by molar-refractivity contribution is 6.08. The maximum absolute atomic E-state index is 12.6. The Balaban J connectivity index is 1.33. The number of likely N-dealkylation sites (tertiary alicyclic amines) is 1. The molecular formula is C22H23N3O5. The van der Waals surface area contributed by atoms with E-state index in [-0.39, 0.29) is 11.8 Å². The molecule has 3 atom stereocenters. The molecule has 30 heavy (non-hydrogen) atoms. The number of esters is 1. The van der Waals surface area contributed by atoms with Gasteiger partial charge in [0.2, 0.25) is 11.8 Å². The van der Waals surface area contributed by atoms with Crippen LogP contribution in [0.25, 0.3) is 0 Å². The molecule has 3 amide bonds. The maximum atomic E-state index is 12.6. The predicted molar refractivity (Wildman–Crippen MR) is 107 cm³/mol. The highest BCUT2D eigenvalue weighted by Gasteiger charge is 2.50. The Labute approximate surface area is 174 Å². The first kappa shape index (κ1) is 20.0. The summed E-state index contributed by atoms with van der Waals surface area (Å²) in [6.45, 7) is 1.38. The van der Waals surface area contributed by atoms with Crippen molar-refractivity contribution in [3.05, 3.63) is 48.0 Å². The highest BCUT2D eigenvalue weighted by atomic mass is 16.5. The quantitative estimate of drug-likeness (QED) is 0.417. The summed E-state index contributed by atoms with van der Waals surface area (Å²) in [5, 5.41) is 5.60. The lowest BCUT2D eigenvalue weighted by Crippen LogP contribution is -2.45. The van der Waals surface area contributed by atoms with Crippen molar-refractivity contribution in [2.45, 2.75) is 32.2 Å². The molecule has 1 aromatic rings. The van der Waals surface area contributed by atoms with Gasteiger partial charge in [0.25, 0.3) is 5.91 Å². The molecule has 8 nitrogen and oxygen atoms in total. The van der Waals surface area contributed by atoms with Gasteiger partial charge in [-0.05, 0) is 25.3 Å². The van der Waals surface area contributed by atoms with Crippen molar-refractivity contribution in [1.29, 1.82) is 0 Å². The zero-order valence-electron chi connectivity index (χ0n) is 16.7. The third-order valence-corrected chi connectivity index (χ3v) is 5.80. The molecular weight excluding hydrogens is 386 g/mol. The van der Waals surface area contributed by atoms with Crippen LogP contribution in [0, 0.1) is 11.8 Å². The molecule has 2 aliphatic heterocycles. The number of allylic oxidation sites excluding steroid dienone is 2. The van der Waals surface area contributed by atoms with E-state index in [2.05, 4.69) is 5.10 Å². The molecule has 1 aromatic carbocycles. The molecule has 0 radical (unpaired) electrons. The van der Waals surface area contributed by atoms with Gasteiger partial charge in [0.05, 0.1) is 24.1 Å². The summed E-state index contributed by atoms with van der Waals surface area (Å²) in [4.78, 5) is 51.0. The molecule has 1 aliphatic carbocycles. The van der Waals surface area contributed by atoms with Gasteiger partial charge in [-0.1, -0.05) is 42.5 Å². The van der Waals surface area contributed by atoms with Crippen LogP contribution in [0.1, 0.15) is 31.7 Å². The predicted octanol–water partition coefficient (Wildman–Crippen LogP) is 1.51. The lowest BCUT2D eigenvalue weighted by Gasteiger charge is -2.21. The number of carbonyl (C=O) groups excluding carboxylic acids is 4. The van der Waals surface area contributed by atoms with Crippen molar-refractivity contribution in [2.75, 3.05) is 13.2 Å². The number of nitrogens with zero attached hydrogens (tertiary/aromatic N) is 3. The largest absolute Gasteiger partial charge is 0.454 e. The van der Waals surface area contributed by atoms with Gasteiger partial charge < -0.3 is 4.74 Å². The number of amides is 3. The molecule has 0 unspecified atom stereocenters. The van der Waals surface area contributed by atoms with Crippen LogP contribution in [-0.4, -0.2) is 58.5 Å². The summed E-state index contributed by atoms with van der Waals surface area (Å²) in [6, 6.07) is 8.49. The van der Waals surface area contributed by atoms with E-state index in [9.17, 15) is 19.2 Å². The summed E-state index contributed by atoms with van der Waals surface area (Å²) in [5.41, 5.74) is 1.74. The average molecular weight is 409 g/mol. The Morgan fingerprint density at radius 3 is 2.37 bits per heavy atom. The van der Waals surface area contributed by atoms with Crippen LogP contribution in [0.5, 0.6) is 0 Å². The first-order valence-corrected chi connectivity index (χ1v) is 10.1. The van der Waals surface area contributed by atoms with E-state index in [1.165, 1.54) is 11.9 Å². The lowest BCUT2D eigenvalue weighted by molar-refractivity contribution is -0.161. The first-order valence-electron chi connectivity index (χ1n) is 10.1. The molecule has 2 heterocycles. The molecule has 8 heteroatoms. The fraction of sp³-hybridized carbons (Fsp3) is 0.409. The molecule has 3 aliphatic rings. The summed E-state index contributed by atoms with van der Waals surface area (Å²) in [5.74, 6) is -2.73. The first-order chi connectivity index (χ1) is 14.5. The fourth-order valence-electron chi connectivity index (χ4n) is 4.11. The van der Waals surface area contributed by atoms with Crippen molar-refractivity contribution in [1.82, 2.24) is 9.91 Å². The van der Waals surface area contributed by atoms with E-state index in [1.807, 2.05) is 42.5 Å². The number of ether oxygens (including phenoxy) is 1. The summed E-state index contributed by atoms with van der Waals surface area (Å²) < 4.78 is 5.12. The SMILES string of the molecule is C[C@@H](C(=O)OCC(=O)N1CCC(c2ccccc2)=N1)N1C(=O)[C@H]2CC=CC[C@H]2C1=O. The number of benzene rings is 1. The van der Waals surface area contributed by atoms with Crippen LogP contribution in [-0.2, 0) is 23.9 Å². The van der Waals surface area contributed by atoms with Crippen LogP contribution in [0.2, 0.25) is 0 Å². The van der Waals surface area contributed by atoms with Crippen LogP contribution >= 0.6 is 0 Å². The van der Waals surface area contributed by atoms with Gasteiger partial charge in [0, 0.05) is 6.42 Å². The molecule has 0 N–H and O–H groups in total. The normalized spacial score (nSPS) is 24.0. The zero-order valence-corrected chi connectivity index (χ0v) is 16.7. The third-order valence-electron chi connectivity index (χ3n) is 5.80. The minimum atomic E-state index is -1.06. The van der Waals surface area contributed by atoms with Gasteiger partial charge in [-0.3, -0.25) is 19.3 Å². The Hall–Kier alpha value is -3.29. The Bertz CT molecular complexity index is 913. The number of hydrazone groups is 1. The van der Waals surface area contributed by atoms with Gasteiger partial charge in [-0.25, -0.2) is 9.80 Å². The Morgan fingerprint density at radius 1 is 1.10 bits per heavy atom. The second kappa shape index (κ2) is 8.22. The fourth-order valence-corrected chi connectivity index (χ4v) is 4.11. The number of rotatable bonds is 5. The maximum Gasteiger partial charge on any atom is 0.329 e. The number of fused-ring (bicyclic) bond motifs is 1. The van der Waals surface area contributed by atoms with Crippen molar-refractivity contribution < 1.29 is 23.9 Å². The van der Waals surface area contributed by atoms with Crippen LogP contribution < -0.4 is 0 Å². The van der Waals surface area contributed by atoms with Crippen molar-refractivity contribution >= 4 is 29.4 Å². The third kappa shape index (κ3) is 3.65. The number of hydrogen-bond donors (Lipinski definition) is 0. The standard InChI is InChI=1S/C22H23N3O5/c1-14(25-20(27)16-9-5-6-10-17(16)21(25)28)22(29)30-13-19(26)24-12-11-18(23-24)15-7-3-2-4-8-15/h2-8,14,16-17H,9-13H2,1H3/t14-,16-,17+/m0/s1. The Kier molecular flexibility index (Phi) is 5.48. The van der Waals surface area contributed by atoms with Gasteiger partial charge in [0.1, 0.15) is 6.04 Å². The van der Waals surface area contributed by atoms with Gasteiger partial charge in [-0.2, -0.15) is 5.10 Å². The van der Waals surface area contributed by atoms with E-state index in [0.29, 0.717) is 25.8 Å². The van der Waals surface area contributed by atoms with Crippen LogP contribution in [0.3, 0.4) is 0 Å². The molecule has 0 bridgehead atoms. The summed E-state index contributed by atoms with van der Waals surface area (Å²) in [6.07, 6.45) is 5.40. The molecule has 0 aromatic heterocycles. The average Bonchev–Trinajstić information content (AvgIpc) is 3.36. The van der Waals surface area contributed by atoms with Crippen LogP contribution in [0.15, 0.2) is 47.6 Å². The van der Waals surface area contributed by atoms with Crippen molar-refractivity contribution in [3.63, 3.8) is 0 Å². The Morgan fingerprint density at radius 2 is 1.73 bits per heavy atom. The van der Waals surface area contributed by atoms with E-state index in [4.69, 9.17) is 4.74 Å². The van der Waals surface area contributed by atoms with E-state index in [1.54, 1.807) is 0 Å². The topological polar surface area (TPSA) is 96.3 Å². The minimum absolute atomic E-state index is 0.346. The lowest BCUT2D eigenvalue weighted by atomic mass is 9.85.